The van der Waals surface area contributed by atoms with Crippen LogP contribution in [0.15, 0.2) is 34.9 Å². The third-order valence-corrected chi connectivity index (χ3v) is 15.5. The van der Waals surface area contributed by atoms with E-state index in [4.69, 9.17) is 4.42 Å². The van der Waals surface area contributed by atoms with Gasteiger partial charge in [0.15, 0.2) is 0 Å². The Bertz CT molecular complexity index is 1360. The number of carbonyl (C=O) groups is 1. The van der Waals surface area contributed by atoms with Gasteiger partial charge < -0.3 is 14.8 Å². The zero-order valence-electron chi connectivity index (χ0n) is 27.1. The van der Waals surface area contributed by atoms with E-state index < -0.39 is 0 Å². The molecule has 0 saturated heterocycles. The Morgan fingerprint density at radius 1 is 0.905 bits per heavy atom. The van der Waals surface area contributed by atoms with Crippen molar-refractivity contribution in [2.45, 2.75) is 125 Å². The van der Waals surface area contributed by atoms with E-state index in [1.54, 1.807) is 6.26 Å². The number of nitrogens with one attached hydrogen (secondary N) is 1. The van der Waals surface area contributed by atoms with Crippen molar-refractivity contribution in [3.8, 4) is 0 Å². The minimum atomic E-state index is -0.216. The summed E-state index contributed by atoms with van der Waals surface area (Å²) < 4.78 is 5.53. The van der Waals surface area contributed by atoms with Crippen molar-refractivity contribution in [2.24, 2.45) is 56.7 Å². The second-order valence-corrected chi connectivity index (χ2v) is 16.9. The van der Waals surface area contributed by atoms with Gasteiger partial charge in [-0.05, 0) is 139 Å². The van der Waals surface area contributed by atoms with E-state index in [2.05, 4.69) is 59.0 Å². The topological polar surface area (TPSA) is 62.5 Å². The van der Waals surface area contributed by atoms with Crippen molar-refractivity contribution in [1.29, 1.82) is 0 Å². The third-order valence-electron chi connectivity index (χ3n) is 15.5. The van der Waals surface area contributed by atoms with Gasteiger partial charge in [0.25, 0.3) is 0 Å². The van der Waals surface area contributed by atoms with Crippen LogP contribution in [0.3, 0.4) is 0 Å². The van der Waals surface area contributed by atoms with Crippen LogP contribution in [0.2, 0.25) is 0 Å². The van der Waals surface area contributed by atoms with E-state index in [0.717, 1.165) is 35.8 Å². The summed E-state index contributed by atoms with van der Waals surface area (Å²) in [6.45, 7) is 15.6. The van der Waals surface area contributed by atoms with Crippen molar-refractivity contribution < 1.29 is 14.3 Å². The van der Waals surface area contributed by atoms with E-state index in [1.807, 2.05) is 12.1 Å². The molecule has 5 fully saturated rings. The van der Waals surface area contributed by atoms with Crippen molar-refractivity contribution in [2.75, 3.05) is 0 Å². The summed E-state index contributed by atoms with van der Waals surface area (Å²) in [5, 5.41) is 15.6. The quantitative estimate of drug-likeness (QED) is 0.384. The normalized spacial score (nSPS) is 45.9. The number of carbonyl (C=O) groups excluding carboxylic acids is 1. The maximum atomic E-state index is 14.4. The van der Waals surface area contributed by atoms with Gasteiger partial charge in [-0.15, -0.1) is 0 Å². The van der Waals surface area contributed by atoms with Crippen LogP contribution in [0.4, 0.5) is 0 Å². The molecular weight excluding hydrogens is 518 g/mol. The average molecular weight is 574 g/mol. The molecule has 5 saturated carbocycles. The number of aliphatic hydroxyl groups excluding tert-OH is 1. The molecule has 2 N–H and O–H groups in total. The molecular formula is C38H55NO3. The van der Waals surface area contributed by atoms with Gasteiger partial charge in [0.05, 0.1) is 17.8 Å². The molecule has 0 radical (unpaired) electrons. The Hall–Kier alpha value is -1.81. The van der Waals surface area contributed by atoms with Crippen molar-refractivity contribution in [1.82, 2.24) is 5.32 Å². The van der Waals surface area contributed by atoms with Gasteiger partial charge in [-0.25, -0.2) is 0 Å². The Kier molecular flexibility index (Phi) is 6.61. The lowest BCUT2D eigenvalue weighted by Gasteiger charge is -2.72. The predicted molar refractivity (Wildman–Crippen MR) is 169 cm³/mol. The lowest BCUT2D eigenvalue weighted by Crippen LogP contribution is -2.67. The van der Waals surface area contributed by atoms with E-state index in [0.29, 0.717) is 52.9 Å². The summed E-state index contributed by atoms with van der Waals surface area (Å²) in [6.07, 6.45) is 14.4. The van der Waals surface area contributed by atoms with Crippen LogP contribution >= 0.6 is 0 Å². The molecule has 10 atom stereocenters. The average Bonchev–Trinajstić information content (AvgIpc) is 3.59. The molecule has 230 valence electrons. The van der Waals surface area contributed by atoms with E-state index in [9.17, 15) is 9.90 Å². The number of benzene rings is 1. The minimum absolute atomic E-state index is 0.00715. The minimum Gasteiger partial charge on any atom is -0.464 e. The molecule has 1 aromatic carbocycles. The van der Waals surface area contributed by atoms with Crippen LogP contribution in [-0.2, 0) is 11.3 Å². The van der Waals surface area contributed by atoms with Gasteiger partial charge in [-0.2, -0.15) is 0 Å². The fourth-order valence-corrected chi connectivity index (χ4v) is 13.1. The molecule has 0 spiro atoms. The van der Waals surface area contributed by atoms with Gasteiger partial charge in [-0.1, -0.05) is 54.0 Å². The highest BCUT2D eigenvalue weighted by Crippen LogP contribution is 2.77. The smallest absolute Gasteiger partial charge is 0.226 e. The van der Waals surface area contributed by atoms with Crippen LogP contribution in [0, 0.1) is 56.7 Å². The number of rotatable bonds is 4. The molecule has 1 heterocycles. The highest BCUT2D eigenvalue weighted by Gasteiger charge is 2.71. The number of furan rings is 1. The monoisotopic (exact) mass is 573 g/mol. The molecule has 5 aliphatic carbocycles. The first-order valence-corrected chi connectivity index (χ1v) is 17.3. The molecule has 1 aromatic heterocycles. The van der Waals surface area contributed by atoms with Crippen molar-refractivity contribution in [3.05, 3.63) is 36.1 Å². The summed E-state index contributed by atoms with van der Waals surface area (Å²) in [7, 11) is 0. The maximum Gasteiger partial charge on any atom is 0.226 e. The molecule has 4 heteroatoms. The molecule has 4 unspecified atom stereocenters. The summed E-state index contributed by atoms with van der Waals surface area (Å²) in [5.41, 5.74) is 2.68. The Labute approximate surface area is 253 Å². The Morgan fingerprint density at radius 3 is 2.50 bits per heavy atom. The van der Waals surface area contributed by atoms with E-state index in [1.165, 1.54) is 51.4 Å². The number of amides is 1. The largest absolute Gasteiger partial charge is 0.464 e. The number of aliphatic hydroxyl groups is 1. The molecule has 42 heavy (non-hydrogen) atoms. The fourth-order valence-electron chi connectivity index (χ4n) is 13.1. The SMILES string of the molecule is CC[C@@H]1CC[C@]2(C(=O)NCc3ccc4occc4c3)CC[C@]3(C)C(CCC4[C@@]5(C)CC[C@H](O)C(C)(C)C5CC[C@]43C)C12. The summed E-state index contributed by atoms with van der Waals surface area (Å²) in [5.74, 6) is 3.39. The fraction of sp³-hybridized carbons (Fsp3) is 0.763. The zero-order valence-corrected chi connectivity index (χ0v) is 27.1. The van der Waals surface area contributed by atoms with Gasteiger partial charge in [0.1, 0.15) is 5.58 Å². The van der Waals surface area contributed by atoms with E-state index in [-0.39, 0.29) is 22.3 Å². The van der Waals surface area contributed by atoms with Gasteiger partial charge in [0.2, 0.25) is 5.91 Å². The molecule has 5 aliphatic rings. The second-order valence-electron chi connectivity index (χ2n) is 16.9. The molecule has 7 rings (SSSR count). The molecule has 4 nitrogen and oxygen atoms in total. The first-order chi connectivity index (χ1) is 19.9. The number of hydrogen-bond donors (Lipinski definition) is 2. The standard InChI is InChI=1S/C38H55NO3/c1-7-25-12-18-38(33(41)39-23-24-8-10-28-26(22-24)15-21-42-28)20-19-36(5)27(32(25)38)9-11-30-35(4)16-14-31(40)34(2,3)29(35)13-17-37(30,36)6/h8,10,15,21-22,25,27,29-32,40H,7,9,11-14,16-20,23H2,1-6H3,(H,39,41)/t25-,27?,29?,30?,31+,32?,35+,36-,37-,38+/m1/s1. The zero-order chi connectivity index (χ0) is 29.7. The Balaban J connectivity index is 1.18. The molecule has 0 aliphatic heterocycles. The molecule has 2 aromatic rings. The van der Waals surface area contributed by atoms with Crippen molar-refractivity contribution >= 4 is 16.9 Å². The first-order valence-electron chi connectivity index (χ1n) is 17.3. The highest BCUT2D eigenvalue weighted by molar-refractivity contribution is 5.84. The van der Waals surface area contributed by atoms with Crippen LogP contribution in [0.1, 0.15) is 118 Å². The van der Waals surface area contributed by atoms with Gasteiger partial charge in [0, 0.05) is 11.9 Å². The Morgan fingerprint density at radius 2 is 1.71 bits per heavy atom. The lowest BCUT2D eigenvalue weighted by atomic mass is 9.32. The lowest BCUT2D eigenvalue weighted by molar-refractivity contribution is -0.247. The number of fused-ring (bicyclic) bond motifs is 8. The third kappa shape index (κ3) is 3.72. The second kappa shape index (κ2) is 9.59. The summed E-state index contributed by atoms with van der Waals surface area (Å²) in [6, 6.07) is 8.27. The predicted octanol–water partition coefficient (Wildman–Crippen LogP) is 8.90. The van der Waals surface area contributed by atoms with Crippen LogP contribution < -0.4 is 5.32 Å². The van der Waals surface area contributed by atoms with Crippen LogP contribution in [0.5, 0.6) is 0 Å². The van der Waals surface area contributed by atoms with Gasteiger partial charge in [-0.3, -0.25) is 4.79 Å². The van der Waals surface area contributed by atoms with Gasteiger partial charge >= 0.3 is 0 Å². The maximum absolute atomic E-state index is 14.4. The van der Waals surface area contributed by atoms with E-state index >= 15 is 0 Å². The van der Waals surface area contributed by atoms with Crippen molar-refractivity contribution in [3.63, 3.8) is 0 Å². The van der Waals surface area contributed by atoms with Crippen LogP contribution in [-0.4, -0.2) is 17.1 Å². The van der Waals surface area contributed by atoms with Crippen LogP contribution in [0.25, 0.3) is 11.0 Å². The first kappa shape index (κ1) is 28.9. The molecule has 1 amide bonds. The highest BCUT2D eigenvalue weighted by atomic mass is 16.3. The molecule has 0 bridgehead atoms. The summed E-state index contributed by atoms with van der Waals surface area (Å²) >= 11 is 0. The summed E-state index contributed by atoms with van der Waals surface area (Å²) in [4.78, 5) is 14.4. The number of hydrogen-bond acceptors (Lipinski definition) is 3.